The number of anilines is 4. The number of halogens is 2. The lowest BCUT2D eigenvalue weighted by atomic mass is 9.98. The summed E-state index contributed by atoms with van der Waals surface area (Å²) >= 11 is 12.8. The number of hydrogen-bond donors (Lipinski definition) is 7. The molecule has 0 spiro atoms. The molecule has 2 aromatic rings. The van der Waals surface area contributed by atoms with Gasteiger partial charge in [0.25, 0.3) is 11.8 Å². The molecule has 0 radical (unpaired) electrons. The fraction of sp³-hybridized carbons (Fsp3) is 0.732. The Morgan fingerprint density at radius 2 is 1.14 bits per heavy atom. The van der Waals surface area contributed by atoms with Crippen molar-refractivity contribution in [2.75, 3.05) is 113 Å². The maximum Gasteiger partial charge on any atom is 0.410 e. The van der Waals surface area contributed by atoms with Crippen LogP contribution in [0.4, 0.5) is 28.1 Å². The summed E-state index contributed by atoms with van der Waals surface area (Å²) in [6.45, 7) is 18.2. The van der Waals surface area contributed by atoms with Crippen molar-refractivity contribution >= 4 is 64.4 Å². The van der Waals surface area contributed by atoms with E-state index in [0.29, 0.717) is 55.9 Å². The zero-order chi connectivity index (χ0) is 45.8. The molecule has 0 aliphatic carbocycles. The number of amides is 3. The second kappa shape index (κ2) is 23.2. The highest BCUT2D eigenvalue weighted by Gasteiger charge is 2.37. The zero-order valence-corrected chi connectivity index (χ0v) is 38.9. The van der Waals surface area contributed by atoms with Crippen molar-refractivity contribution in [3.63, 3.8) is 0 Å². The second-order valence-electron chi connectivity index (χ2n) is 17.3. The fourth-order valence-electron chi connectivity index (χ4n) is 8.74. The number of rotatable bonds is 12. The number of nitrogens with one attached hydrogen (secondary N) is 3. The molecule has 6 heterocycles. The van der Waals surface area contributed by atoms with Crippen molar-refractivity contribution in [2.45, 2.75) is 103 Å². The van der Waals surface area contributed by atoms with E-state index in [1.54, 1.807) is 4.90 Å². The lowest BCUT2D eigenvalue weighted by Gasteiger charge is -2.47. The van der Waals surface area contributed by atoms with Gasteiger partial charge in [-0.15, -0.1) is 0 Å². The van der Waals surface area contributed by atoms with Crippen LogP contribution in [-0.2, 0) is 4.74 Å². The first-order valence-corrected chi connectivity index (χ1v) is 23.0. The second-order valence-corrected chi connectivity index (χ2v) is 18.0. The highest BCUT2D eigenvalue weighted by molar-refractivity contribution is 6.32. The number of piperazine rings is 2. The maximum absolute atomic E-state index is 12.4. The Morgan fingerprint density at radius 1 is 0.714 bits per heavy atom. The van der Waals surface area contributed by atoms with Crippen LogP contribution < -0.4 is 37.2 Å². The van der Waals surface area contributed by atoms with Gasteiger partial charge in [-0.3, -0.25) is 19.4 Å². The smallest absolute Gasteiger partial charge is 0.410 e. The number of likely N-dealkylation sites (tertiary alicyclic amines) is 1. The summed E-state index contributed by atoms with van der Waals surface area (Å²) in [7, 11) is 0. The van der Waals surface area contributed by atoms with Crippen molar-refractivity contribution < 1.29 is 29.3 Å². The van der Waals surface area contributed by atoms with Gasteiger partial charge < -0.3 is 57.1 Å². The average molecular weight is 924 g/mol. The first-order valence-electron chi connectivity index (χ1n) is 22.2. The van der Waals surface area contributed by atoms with Crippen LogP contribution in [0.2, 0.25) is 10.3 Å². The Balaban J connectivity index is 0.000000243. The van der Waals surface area contributed by atoms with Crippen LogP contribution in [0.3, 0.4) is 0 Å². The van der Waals surface area contributed by atoms with Gasteiger partial charge in [-0.1, -0.05) is 37.0 Å². The summed E-state index contributed by atoms with van der Waals surface area (Å²) in [4.78, 5) is 65.0. The van der Waals surface area contributed by atoms with Gasteiger partial charge in [0.05, 0.1) is 13.2 Å². The minimum atomic E-state index is -0.522. The molecule has 2 aromatic heterocycles. The summed E-state index contributed by atoms with van der Waals surface area (Å²) in [6.07, 6.45) is 5.92. The van der Waals surface area contributed by atoms with Crippen LogP contribution in [0.1, 0.15) is 94.1 Å². The van der Waals surface area contributed by atoms with E-state index in [2.05, 4.69) is 69.3 Å². The van der Waals surface area contributed by atoms with Crippen molar-refractivity contribution in [3.8, 4) is 0 Å². The van der Waals surface area contributed by atoms with Gasteiger partial charge in [-0.05, 0) is 72.4 Å². The van der Waals surface area contributed by atoms with Crippen LogP contribution in [0.25, 0.3) is 0 Å². The van der Waals surface area contributed by atoms with Crippen LogP contribution in [-0.4, -0.2) is 184 Å². The molecule has 4 aliphatic rings. The fourth-order valence-corrected chi connectivity index (χ4v) is 9.23. The van der Waals surface area contributed by atoms with Crippen LogP contribution >= 0.6 is 23.2 Å². The van der Waals surface area contributed by atoms with E-state index in [1.165, 1.54) is 12.8 Å². The number of aromatic nitrogens is 4. The third-order valence-electron chi connectivity index (χ3n) is 11.9. The molecule has 9 N–H and O–H groups in total. The first kappa shape index (κ1) is 50.0. The van der Waals surface area contributed by atoms with Crippen LogP contribution in [0.15, 0.2) is 0 Å². The third-order valence-corrected chi connectivity index (χ3v) is 12.4. The minimum absolute atomic E-state index is 0.00447. The van der Waals surface area contributed by atoms with Crippen LogP contribution in [0, 0.1) is 0 Å². The molecule has 4 fully saturated rings. The molecule has 0 bridgehead atoms. The van der Waals surface area contributed by atoms with Gasteiger partial charge in [0.15, 0.2) is 45.0 Å². The van der Waals surface area contributed by atoms with Gasteiger partial charge >= 0.3 is 6.09 Å². The summed E-state index contributed by atoms with van der Waals surface area (Å²) < 4.78 is 5.52. The number of nitrogen functional groups attached to an aromatic ring is 2. The van der Waals surface area contributed by atoms with E-state index < -0.39 is 17.4 Å². The third kappa shape index (κ3) is 13.3. The number of piperidine rings is 2. The molecule has 6 rings (SSSR count). The zero-order valence-electron chi connectivity index (χ0n) is 37.4. The minimum Gasteiger partial charge on any atom is -0.444 e. The summed E-state index contributed by atoms with van der Waals surface area (Å²) in [5.74, 6) is 0.0386. The predicted octanol–water partition coefficient (Wildman–Crippen LogP) is 1.82. The molecule has 4 aliphatic heterocycles. The normalized spacial score (nSPS) is 20.8. The van der Waals surface area contributed by atoms with Gasteiger partial charge in [0.1, 0.15) is 5.60 Å². The Hall–Kier alpha value is -4.05. The Kier molecular flexibility index (Phi) is 18.4. The standard InChI is InChI=1S/C23H38ClN7O4.C18H30ClN7O2/c1-5-15-14-30(20-18(24)27-17(19(25)28-20)21(33)26-8-13-32)11-12-31(15)16-6-9-29(10-7-16)22(34)35-23(2,3)4;1-2-12-11-25(8-9-26(12)13-3-5-21-6-4-13)17-15(19)23-14(16(20)24-17)18(28)22-7-10-27/h15-16,32H,5-14H2,1-4H3,(H2,25,28)(H,26,33);12-13,21,27H,2-11H2,1H3,(H2,20,24)(H,22,28)/t15-;12-/m00/s1. The monoisotopic (exact) mass is 922 g/mol. The van der Waals surface area contributed by atoms with E-state index in [9.17, 15) is 14.4 Å². The molecule has 0 unspecified atom stereocenters. The Morgan fingerprint density at radius 3 is 1.54 bits per heavy atom. The van der Waals surface area contributed by atoms with Crippen molar-refractivity contribution in [3.05, 3.63) is 21.7 Å². The number of hydrogen-bond acceptors (Lipinski definition) is 17. The molecule has 0 aromatic carbocycles. The summed E-state index contributed by atoms with van der Waals surface area (Å²) in [5.41, 5.74) is 11.5. The number of ether oxygens (including phenoxy) is 1. The van der Waals surface area contributed by atoms with Gasteiger partial charge in [-0.2, -0.15) is 0 Å². The molecule has 63 heavy (non-hydrogen) atoms. The molecule has 2 atom stereocenters. The van der Waals surface area contributed by atoms with Crippen molar-refractivity contribution in [2.24, 2.45) is 0 Å². The Bertz CT molecular complexity index is 1850. The topological polar surface area (TPSA) is 257 Å². The summed E-state index contributed by atoms with van der Waals surface area (Å²) in [5, 5.41) is 26.5. The highest BCUT2D eigenvalue weighted by Crippen LogP contribution is 2.31. The van der Waals surface area contributed by atoms with E-state index in [0.717, 1.165) is 65.0 Å². The molecule has 352 valence electrons. The molecule has 0 saturated carbocycles. The van der Waals surface area contributed by atoms with Gasteiger partial charge in [0, 0.05) is 89.6 Å². The first-order chi connectivity index (χ1) is 30.1. The van der Waals surface area contributed by atoms with E-state index in [1.807, 2.05) is 20.8 Å². The molecular formula is C41H68Cl2N14O6. The maximum atomic E-state index is 12.4. The van der Waals surface area contributed by atoms with E-state index in [4.69, 9.17) is 49.6 Å². The number of carbonyl (C=O) groups excluding carboxylic acids is 3. The number of aliphatic hydroxyl groups excluding tert-OH is 2. The summed E-state index contributed by atoms with van der Waals surface area (Å²) in [6, 6.07) is 1.72. The van der Waals surface area contributed by atoms with E-state index in [-0.39, 0.29) is 71.8 Å². The average Bonchev–Trinajstić information content (AvgIpc) is 3.28. The molecule has 3 amide bonds. The molecular weight excluding hydrogens is 855 g/mol. The predicted molar refractivity (Wildman–Crippen MR) is 244 cm³/mol. The number of nitrogens with zero attached hydrogens (tertiary/aromatic N) is 9. The largest absolute Gasteiger partial charge is 0.444 e. The lowest BCUT2D eigenvalue weighted by Crippen LogP contribution is -2.59. The SMILES string of the molecule is CC[C@H]1CN(c2nc(N)c(C(=O)NCCO)nc2Cl)CCN1C1CCN(C(=O)OC(C)(C)C)CC1.CC[C@H]1CN(c2nc(N)c(C(=O)NCCO)nc2Cl)CCN1C1CCNCC1. The van der Waals surface area contributed by atoms with Gasteiger partial charge in [-0.25, -0.2) is 24.7 Å². The van der Waals surface area contributed by atoms with Crippen molar-refractivity contribution in [1.29, 1.82) is 0 Å². The van der Waals surface area contributed by atoms with Gasteiger partial charge in [0.2, 0.25) is 0 Å². The highest BCUT2D eigenvalue weighted by atomic mass is 35.5. The van der Waals surface area contributed by atoms with Crippen molar-refractivity contribution in [1.82, 2.24) is 50.6 Å². The number of nitrogens with two attached hydrogens (primary N) is 2. The quantitative estimate of drug-likeness (QED) is 0.160. The number of aliphatic hydroxyl groups is 2. The Labute approximate surface area is 380 Å². The number of carbonyl (C=O) groups is 3. The lowest BCUT2D eigenvalue weighted by molar-refractivity contribution is 0.00942. The molecule has 22 heteroatoms. The van der Waals surface area contributed by atoms with E-state index >= 15 is 0 Å². The molecule has 4 saturated heterocycles. The molecule has 20 nitrogen and oxygen atoms in total. The van der Waals surface area contributed by atoms with Crippen LogP contribution in [0.5, 0.6) is 0 Å².